The highest BCUT2D eigenvalue weighted by Crippen LogP contribution is 2.15. The van der Waals surface area contributed by atoms with Gasteiger partial charge in [0, 0.05) is 5.88 Å². The highest BCUT2D eigenvalue weighted by molar-refractivity contribution is 7.14. The Kier molecular flexibility index (Phi) is 5.36. The van der Waals surface area contributed by atoms with Crippen LogP contribution in [0.5, 0.6) is 0 Å². The lowest BCUT2D eigenvalue weighted by Gasteiger charge is -1.95. The molecule has 1 aromatic rings. The molecule has 0 saturated carbocycles. The molecular formula is C10H12ClNO2S. The van der Waals surface area contributed by atoms with Crippen LogP contribution < -0.4 is 0 Å². The third-order valence-corrected chi connectivity index (χ3v) is 2.70. The molecule has 1 heterocycles. The summed E-state index contributed by atoms with van der Waals surface area (Å²) in [6, 6.07) is 0. The summed E-state index contributed by atoms with van der Waals surface area (Å²) in [5, 5.41) is 0.795. The lowest BCUT2D eigenvalue weighted by atomic mass is 10.4. The normalized spacial score (nSPS) is 10.8. The average Bonchev–Trinajstić information content (AvgIpc) is 2.67. The number of carbonyl (C=O) groups excluding carboxylic acids is 1. The number of esters is 1. The van der Waals surface area contributed by atoms with Crippen LogP contribution >= 0.6 is 22.9 Å². The number of allylic oxidation sites excluding steroid dienone is 1. The number of ether oxygens (including phenoxy) is 1. The number of halogens is 1. The van der Waals surface area contributed by atoms with Gasteiger partial charge in [0.2, 0.25) is 0 Å². The van der Waals surface area contributed by atoms with Gasteiger partial charge in [-0.15, -0.1) is 22.9 Å². The van der Waals surface area contributed by atoms with Crippen LogP contribution in [0.1, 0.15) is 28.0 Å². The van der Waals surface area contributed by atoms with Gasteiger partial charge in [-0.05, 0) is 19.4 Å². The lowest BCUT2D eigenvalue weighted by Crippen LogP contribution is -2.01. The van der Waals surface area contributed by atoms with Crippen LogP contribution in [0.3, 0.4) is 0 Å². The fraction of sp³-hybridized carbons (Fsp3) is 0.400. The molecule has 0 spiro atoms. The monoisotopic (exact) mass is 245 g/mol. The van der Waals surface area contributed by atoms with Crippen molar-refractivity contribution in [3.05, 3.63) is 22.2 Å². The minimum atomic E-state index is -0.313. The Morgan fingerprint density at radius 2 is 2.53 bits per heavy atom. The summed E-state index contributed by atoms with van der Waals surface area (Å²) in [7, 11) is 0. The number of alkyl halides is 1. The third-order valence-electron chi connectivity index (χ3n) is 1.54. The summed E-state index contributed by atoms with van der Waals surface area (Å²) in [6.07, 6.45) is 6.12. The van der Waals surface area contributed by atoms with Crippen LogP contribution in [0.25, 0.3) is 6.08 Å². The van der Waals surface area contributed by atoms with E-state index in [1.54, 1.807) is 6.92 Å². The van der Waals surface area contributed by atoms with E-state index in [0.717, 1.165) is 11.4 Å². The molecule has 0 unspecified atom stereocenters. The minimum Gasteiger partial charge on any atom is -0.462 e. The molecule has 0 bridgehead atoms. The molecule has 1 rings (SSSR count). The van der Waals surface area contributed by atoms with Crippen molar-refractivity contribution in [2.45, 2.75) is 13.3 Å². The standard InChI is InChI=1S/C10H12ClNO2S/c1-2-14-10(13)8-7-12-9(15-8)5-3-4-6-11/h3,5,7H,2,4,6H2,1H3. The highest BCUT2D eigenvalue weighted by atomic mass is 35.5. The van der Waals surface area contributed by atoms with E-state index in [9.17, 15) is 4.79 Å². The number of rotatable bonds is 5. The Labute approximate surface area is 97.7 Å². The Balaban J connectivity index is 2.59. The van der Waals surface area contributed by atoms with Crippen LogP contribution in [-0.2, 0) is 4.74 Å². The Morgan fingerprint density at radius 3 is 3.20 bits per heavy atom. The zero-order valence-corrected chi connectivity index (χ0v) is 9.98. The molecule has 0 saturated heterocycles. The van der Waals surface area contributed by atoms with Gasteiger partial charge in [-0.25, -0.2) is 9.78 Å². The maximum atomic E-state index is 11.3. The molecule has 0 fully saturated rings. The van der Waals surface area contributed by atoms with Crippen molar-refractivity contribution in [2.75, 3.05) is 12.5 Å². The van der Waals surface area contributed by atoms with E-state index in [0.29, 0.717) is 17.4 Å². The van der Waals surface area contributed by atoms with Gasteiger partial charge in [0.1, 0.15) is 9.88 Å². The molecular weight excluding hydrogens is 234 g/mol. The van der Waals surface area contributed by atoms with E-state index in [4.69, 9.17) is 16.3 Å². The van der Waals surface area contributed by atoms with Gasteiger partial charge in [0.05, 0.1) is 12.8 Å². The topological polar surface area (TPSA) is 39.2 Å². The van der Waals surface area contributed by atoms with Gasteiger partial charge >= 0.3 is 5.97 Å². The van der Waals surface area contributed by atoms with Crippen molar-refractivity contribution in [3.8, 4) is 0 Å². The SMILES string of the molecule is CCOC(=O)c1cnc(C=CCCCl)s1. The molecule has 0 amide bonds. The molecule has 0 aliphatic heterocycles. The summed E-state index contributed by atoms with van der Waals surface area (Å²) < 4.78 is 4.85. The second-order valence-electron chi connectivity index (χ2n) is 2.66. The fourth-order valence-electron chi connectivity index (χ4n) is 0.908. The highest BCUT2D eigenvalue weighted by Gasteiger charge is 2.09. The molecule has 0 aliphatic rings. The quantitative estimate of drug-likeness (QED) is 0.591. The van der Waals surface area contributed by atoms with Crippen LogP contribution in [-0.4, -0.2) is 23.4 Å². The molecule has 0 aromatic carbocycles. The Morgan fingerprint density at radius 1 is 1.73 bits per heavy atom. The van der Waals surface area contributed by atoms with Crippen LogP contribution in [0, 0.1) is 0 Å². The van der Waals surface area contributed by atoms with Gasteiger partial charge < -0.3 is 4.74 Å². The van der Waals surface area contributed by atoms with Crippen LogP contribution in [0.2, 0.25) is 0 Å². The predicted octanol–water partition coefficient (Wildman–Crippen LogP) is 2.96. The Hall–Kier alpha value is -0.870. The van der Waals surface area contributed by atoms with Gasteiger partial charge in [-0.2, -0.15) is 0 Å². The molecule has 15 heavy (non-hydrogen) atoms. The third kappa shape index (κ3) is 4.01. The lowest BCUT2D eigenvalue weighted by molar-refractivity contribution is 0.0532. The van der Waals surface area contributed by atoms with E-state index < -0.39 is 0 Å². The summed E-state index contributed by atoms with van der Waals surface area (Å²) in [4.78, 5) is 15.9. The number of thiazole rings is 1. The van der Waals surface area contributed by atoms with E-state index in [1.807, 2.05) is 12.2 Å². The number of carbonyl (C=O) groups is 1. The molecule has 0 radical (unpaired) electrons. The van der Waals surface area contributed by atoms with Gasteiger partial charge in [-0.1, -0.05) is 6.08 Å². The van der Waals surface area contributed by atoms with E-state index in [-0.39, 0.29) is 5.97 Å². The van der Waals surface area contributed by atoms with E-state index >= 15 is 0 Å². The zero-order valence-electron chi connectivity index (χ0n) is 8.40. The second kappa shape index (κ2) is 6.58. The smallest absolute Gasteiger partial charge is 0.349 e. The summed E-state index contributed by atoms with van der Waals surface area (Å²) in [5.41, 5.74) is 0. The maximum absolute atomic E-state index is 11.3. The number of hydrogen-bond donors (Lipinski definition) is 0. The summed E-state index contributed by atoms with van der Waals surface area (Å²) in [5.74, 6) is 0.277. The molecule has 1 aromatic heterocycles. The number of nitrogens with zero attached hydrogens (tertiary/aromatic N) is 1. The second-order valence-corrected chi connectivity index (χ2v) is 4.10. The van der Waals surface area contributed by atoms with Crippen molar-refractivity contribution in [1.29, 1.82) is 0 Å². The number of aromatic nitrogens is 1. The van der Waals surface area contributed by atoms with Crippen molar-refractivity contribution >= 4 is 35.0 Å². The van der Waals surface area contributed by atoms with Gasteiger partial charge in [-0.3, -0.25) is 0 Å². The first kappa shape index (κ1) is 12.2. The van der Waals surface area contributed by atoms with Crippen molar-refractivity contribution in [1.82, 2.24) is 4.98 Å². The molecule has 0 atom stereocenters. The largest absolute Gasteiger partial charge is 0.462 e. The Bertz CT molecular complexity index is 349. The summed E-state index contributed by atoms with van der Waals surface area (Å²) in [6.45, 7) is 2.16. The average molecular weight is 246 g/mol. The first-order valence-corrected chi connectivity index (χ1v) is 5.98. The van der Waals surface area contributed by atoms with Crippen molar-refractivity contribution in [3.63, 3.8) is 0 Å². The molecule has 3 nitrogen and oxygen atoms in total. The summed E-state index contributed by atoms with van der Waals surface area (Å²) >= 11 is 6.84. The van der Waals surface area contributed by atoms with Crippen molar-refractivity contribution in [2.24, 2.45) is 0 Å². The molecule has 0 N–H and O–H groups in total. The first-order valence-electron chi connectivity index (χ1n) is 4.63. The fourth-order valence-corrected chi connectivity index (χ4v) is 1.78. The molecule has 5 heteroatoms. The van der Waals surface area contributed by atoms with E-state index in [1.165, 1.54) is 17.5 Å². The molecule has 0 aliphatic carbocycles. The zero-order chi connectivity index (χ0) is 11.1. The first-order chi connectivity index (χ1) is 7.27. The van der Waals surface area contributed by atoms with Crippen molar-refractivity contribution < 1.29 is 9.53 Å². The predicted molar refractivity (Wildman–Crippen MR) is 62.4 cm³/mol. The molecule has 82 valence electrons. The maximum Gasteiger partial charge on any atom is 0.349 e. The van der Waals surface area contributed by atoms with Crippen LogP contribution in [0.4, 0.5) is 0 Å². The van der Waals surface area contributed by atoms with Gasteiger partial charge in [0.15, 0.2) is 0 Å². The minimum absolute atomic E-state index is 0.313. The number of hydrogen-bond acceptors (Lipinski definition) is 4. The van der Waals surface area contributed by atoms with E-state index in [2.05, 4.69) is 4.98 Å². The van der Waals surface area contributed by atoms with Crippen LogP contribution in [0.15, 0.2) is 12.3 Å². The van der Waals surface area contributed by atoms with Gasteiger partial charge in [0.25, 0.3) is 0 Å².